The molecule has 3 N–H and O–H groups in total. The van der Waals surface area contributed by atoms with Crippen molar-refractivity contribution in [1.82, 2.24) is 0 Å². The first-order valence-electron chi connectivity index (χ1n) is 6.58. The summed E-state index contributed by atoms with van der Waals surface area (Å²) in [5, 5.41) is 40.3. The van der Waals surface area contributed by atoms with Gasteiger partial charge in [-0.2, -0.15) is 0 Å². The molecule has 0 radical (unpaired) electrons. The Morgan fingerprint density at radius 2 is 1.95 bits per heavy atom. The predicted molar refractivity (Wildman–Crippen MR) is 71.7 cm³/mol. The number of benzene rings is 1. The first kappa shape index (κ1) is 15.7. The summed E-state index contributed by atoms with van der Waals surface area (Å²) in [6.07, 6.45) is -4.80. The molecule has 1 aliphatic rings. The molecule has 0 saturated carbocycles. The van der Waals surface area contributed by atoms with Crippen molar-refractivity contribution in [3.05, 3.63) is 30.3 Å². The number of rotatable bonds is 4. The van der Waals surface area contributed by atoms with Crippen molar-refractivity contribution in [1.29, 1.82) is 0 Å². The highest BCUT2D eigenvalue weighted by Gasteiger charge is 2.45. The monoisotopic (exact) mass is 296 g/mol. The van der Waals surface area contributed by atoms with Crippen LogP contribution in [-0.4, -0.2) is 58.5 Å². The van der Waals surface area contributed by atoms with Gasteiger partial charge in [0.25, 0.3) is 0 Å². The van der Waals surface area contributed by atoms with E-state index in [9.17, 15) is 20.4 Å². The first-order chi connectivity index (χ1) is 10.0. The molecule has 2 rings (SSSR count). The second-order valence-electron chi connectivity index (χ2n) is 4.78. The number of aliphatic hydroxyl groups is 3. The largest absolute Gasteiger partial charge is 0.862 e. The van der Waals surface area contributed by atoms with Crippen molar-refractivity contribution in [2.24, 2.45) is 4.99 Å². The third kappa shape index (κ3) is 3.70. The summed E-state index contributed by atoms with van der Waals surface area (Å²) in [6, 6.07) is 7.61. The maximum Gasteiger partial charge on any atom is 0.225 e. The molecule has 1 heterocycles. The first-order valence-corrected chi connectivity index (χ1v) is 6.58. The van der Waals surface area contributed by atoms with Crippen LogP contribution < -0.4 is 9.84 Å². The van der Waals surface area contributed by atoms with Gasteiger partial charge in [0, 0.05) is 0 Å². The van der Waals surface area contributed by atoms with Gasteiger partial charge < -0.3 is 29.9 Å². The number of hydrogen-bond donors (Lipinski definition) is 3. The second kappa shape index (κ2) is 6.86. The van der Waals surface area contributed by atoms with Crippen molar-refractivity contribution in [3.8, 4) is 5.75 Å². The Morgan fingerprint density at radius 3 is 2.52 bits per heavy atom. The summed E-state index contributed by atoms with van der Waals surface area (Å²) in [7, 11) is 0. The van der Waals surface area contributed by atoms with Gasteiger partial charge in [-0.1, -0.05) is 18.2 Å². The fourth-order valence-electron chi connectivity index (χ4n) is 2.15. The summed E-state index contributed by atoms with van der Waals surface area (Å²) in [6.45, 7) is 0.747. The fraction of sp³-hybridized carbons (Fsp3) is 0.500. The van der Waals surface area contributed by atoms with Gasteiger partial charge in [0.2, 0.25) is 6.29 Å². The molecule has 1 saturated heterocycles. The van der Waals surface area contributed by atoms with Crippen LogP contribution in [0.2, 0.25) is 0 Å². The molecular formula is C14H18NO6-. The van der Waals surface area contributed by atoms with E-state index in [1.807, 2.05) is 0 Å². The topological polar surface area (TPSA) is 115 Å². The third-order valence-corrected chi connectivity index (χ3v) is 3.17. The molecule has 7 heteroatoms. The summed E-state index contributed by atoms with van der Waals surface area (Å²) in [4.78, 5) is 3.73. The van der Waals surface area contributed by atoms with Crippen LogP contribution in [0.25, 0.3) is 0 Å². The number of aliphatic imine (C=N–C) groups is 1. The summed E-state index contributed by atoms with van der Waals surface area (Å²) in [5.41, 5.74) is 0. The molecule has 7 nitrogen and oxygen atoms in total. The Kier molecular flexibility index (Phi) is 5.13. The van der Waals surface area contributed by atoms with Gasteiger partial charge in [0.15, 0.2) is 0 Å². The van der Waals surface area contributed by atoms with Crippen LogP contribution in [-0.2, 0) is 4.74 Å². The molecule has 1 fully saturated rings. The third-order valence-electron chi connectivity index (χ3n) is 3.17. The number of para-hydroxylation sites is 1. The van der Waals surface area contributed by atoms with E-state index in [0.29, 0.717) is 5.75 Å². The second-order valence-corrected chi connectivity index (χ2v) is 4.78. The highest BCUT2D eigenvalue weighted by molar-refractivity contribution is 5.68. The predicted octanol–water partition coefficient (Wildman–Crippen LogP) is -1.35. The van der Waals surface area contributed by atoms with Crippen molar-refractivity contribution in [2.75, 3.05) is 6.61 Å². The standard InChI is InChI=1S/C14H19NO6/c1-8(17)15-11-13(19)12(18)10(7-16)21-14(11)20-9-5-3-2-4-6-9/h2-6,10-14,16,18-19H,7H2,1H3,(H,15,17)/p-1/t10-,11-,12-,13-,14-/m1/s1. The Labute approximate surface area is 122 Å². The number of aliphatic hydroxyl groups excluding tert-OH is 3. The minimum Gasteiger partial charge on any atom is -0.862 e. The molecule has 116 valence electrons. The van der Waals surface area contributed by atoms with E-state index in [1.165, 1.54) is 6.92 Å². The lowest BCUT2D eigenvalue weighted by Gasteiger charge is -2.40. The molecule has 21 heavy (non-hydrogen) atoms. The van der Waals surface area contributed by atoms with E-state index < -0.39 is 43.1 Å². The van der Waals surface area contributed by atoms with Gasteiger partial charge in [0.05, 0.1) is 6.61 Å². The van der Waals surface area contributed by atoms with Crippen LogP contribution in [0, 0.1) is 0 Å². The SMILES string of the molecule is CC([O-])=N[C@H]1[C@H](Oc2ccccc2)O[C@H](CO)[C@@H](O)[C@@H]1O. The molecule has 0 aromatic heterocycles. The molecular weight excluding hydrogens is 278 g/mol. The van der Waals surface area contributed by atoms with Crippen molar-refractivity contribution in [2.45, 2.75) is 37.6 Å². The van der Waals surface area contributed by atoms with Gasteiger partial charge in [-0.05, 0) is 25.0 Å². The van der Waals surface area contributed by atoms with Gasteiger partial charge >= 0.3 is 0 Å². The molecule has 5 atom stereocenters. The summed E-state index contributed by atoms with van der Waals surface area (Å²) >= 11 is 0. The van der Waals surface area contributed by atoms with Crippen LogP contribution in [0.3, 0.4) is 0 Å². The van der Waals surface area contributed by atoms with Crippen LogP contribution in [0.5, 0.6) is 5.75 Å². The van der Waals surface area contributed by atoms with Crippen LogP contribution >= 0.6 is 0 Å². The van der Waals surface area contributed by atoms with E-state index in [0.717, 1.165) is 0 Å². The Bertz CT molecular complexity index is 476. The van der Waals surface area contributed by atoms with Gasteiger partial charge in [0.1, 0.15) is 30.1 Å². The van der Waals surface area contributed by atoms with Gasteiger partial charge in [-0.25, -0.2) is 0 Å². The number of hydrogen-bond acceptors (Lipinski definition) is 7. The van der Waals surface area contributed by atoms with E-state index in [4.69, 9.17) is 9.47 Å². The zero-order valence-electron chi connectivity index (χ0n) is 11.5. The smallest absolute Gasteiger partial charge is 0.225 e. The average molecular weight is 296 g/mol. The number of nitrogens with zero attached hydrogens (tertiary/aromatic N) is 1. The zero-order chi connectivity index (χ0) is 15.4. The van der Waals surface area contributed by atoms with Crippen molar-refractivity contribution < 1.29 is 29.9 Å². The Morgan fingerprint density at radius 1 is 1.29 bits per heavy atom. The molecule has 1 aliphatic heterocycles. The van der Waals surface area contributed by atoms with Crippen molar-refractivity contribution >= 4 is 5.90 Å². The quantitative estimate of drug-likeness (QED) is 0.467. The minimum atomic E-state index is -1.37. The van der Waals surface area contributed by atoms with E-state index in [1.54, 1.807) is 30.3 Å². The van der Waals surface area contributed by atoms with E-state index in [-0.39, 0.29) is 0 Å². The molecule has 1 aromatic carbocycles. The van der Waals surface area contributed by atoms with Crippen LogP contribution in [0.1, 0.15) is 6.92 Å². The minimum absolute atomic E-state index is 0.464. The average Bonchev–Trinajstić information content (AvgIpc) is 2.47. The van der Waals surface area contributed by atoms with Crippen LogP contribution in [0.15, 0.2) is 35.3 Å². The Balaban J connectivity index is 2.22. The molecule has 0 bridgehead atoms. The van der Waals surface area contributed by atoms with Crippen LogP contribution in [0.4, 0.5) is 0 Å². The molecule has 0 spiro atoms. The van der Waals surface area contributed by atoms with Gasteiger partial charge in [-0.3, -0.25) is 4.99 Å². The van der Waals surface area contributed by atoms with E-state index in [2.05, 4.69) is 4.99 Å². The van der Waals surface area contributed by atoms with Gasteiger partial charge in [-0.15, -0.1) is 0 Å². The Hall–Kier alpha value is -1.67. The lowest BCUT2D eigenvalue weighted by molar-refractivity contribution is -0.244. The molecule has 0 amide bonds. The molecule has 0 aliphatic carbocycles. The fourth-order valence-corrected chi connectivity index (χ4v) is 2.15. The highest BCUT2D eigenvalue weighted by Crippen LogP contribution is 2.26. The molecule has 1 aromatic rings. The zero-order valence-corrected chi connectivity index (χ0v) is 11.5. The normalized spacial score (nSPS) is 33.7. The van der Waals surface area contributed by atoms with E-state index >= 15 is 0 Å². The van der Waals surface area contributed by atoms with Crippen molar-refractivity contribution in [3.63, 3.8) is 0 Å². The lowest BCUT2D eigenvalue weighted by atomic mass is 9.97. The lowest BCUT2D eigenvalue weighted by Crippen LogP contribution is -2.59. The summed E-state index contributed by atoms with van der Waals surface area (Å²) in [5.74, 6) is -0.0505. The highest BCUT2D eigenvalue weighted by atomic mass is 16.7. The maximum atomic E-state index is 11.2. The molecule has 0 unspecified atom stereocenters. The maximum absolute atomic E-state index is 11.2. The number of ether oxygens (including phenoxy) is 2. The summed E-state index contributed by atoms with van der Waals surface area (Å²) < 4.78 is 11.0.